The molecule has 1 saturated heterocycles. The molecule has 0 radical (unpaired) electrons. The van der Waals surface area contributed by atoms with Crippen molar-refractivity contribution in [2.45, 2.75) is 77.3 Å². The molecular weight excluding hydrogens is 220 g/mol. The SMILES string of the molecule is CCC1CCC(NC(C)CN2CCCCC2)CC1. The molecule has 0 aromatic carbocycles. The van der Waals surface area contributed by atoms with Crippen molar-refractivity contribution >= 4 is 0 Å². The van der Waals surface area contributed by atoms with Crippen LogP contribution < -0.4 is 5.32 Å². The van der Waals surface area contributed by atoms with E-state index < -0.39 is 0 Å². The van der Waals surface area contributed by atoms with Gasteiger partial charge in [0.2, 0.25) is 0 Å². The molecule has 0 amide bonds. The second kappa shape index (κ2) is 7.49. The smallest absolute Gasteiger partial charge is 0.0169 e. The van der Waals surface area contributed by atoms with Crippen LogP contribution in [-0.2, 0) is 0 Å². The van der Waals surface area contributed by atoms with Crippen LogP contribution in [0.1, 0.15) is 65.2 Å². The molecule has 1 aliphatic heterocycles. The van der Waals surface area contributed by atoms with Crippen LogP contribution in [-0.4, -0.2) is 36.6 Å². The fourth-order valence-corrected chi connectivity index (χ4v) is 3.72. The van der Waals surface area contributed by atoms with Crippen molar-refractivity contribution in [2.75, 3.05) is 19.6 Å². The first-order valence-electron chi connectivity index (χ1n) is 8.26. The molecule has 0 aromatic heterocycles. The molecule has 1 saturated carbocycles. The Labute approximate surface area is 114 Å². The summed E-state index contributed by atoms with van der Waals surface area (Å²) in [6.07, 6.45) is 11.4. The van der Waals surface area contributed by atoms with Crippen molar-refractivity contribution in [3.05, 3.63) is 0 Å². The summed E-state index contributed by atoms with van der Waals surface area (Å²) in [5.41, 5.74) is 0. The van der Waals surface area contributed by atoms with Crippen LogP contribution in [0.3, 0.4) is 0 Å². The number of likely N-dealkylation sites (tertiary alicyclic amines) is 1. The van der Waals surface area contributed by atoms with Crippen LogP contribution >= 0.6 is 0 Å². The van der Waals surface area contributed by atoms with Gasteiger partial charge in [0, 0.05) is 18.6 Å². The van der Waals surface area contributed by atoms with Gasteiger partial charge in [0.25, 0.3) is 0 Å². The third-order valence-corrected chi connectivity index (χ3v) is 4.93. The Balaban J connectivity index is 1.63. The van der Waals surface area contributed by atoms with E-state index >= 15 is 0 Å². The van der Waals surface area contributed by atoms with Crippen molar-refractivity contribution in [1.82, 2.24) is 10.2 Å². The number of piperidine rings is 1. The van der Waals surface area contributed by atoms with Gasteiger partial charge < -0.3 is 10.2 Å². The quantitative estimate of drug-likeness (QED) is 0.806. The van der Waals surface area contributed by atoms with Gasteiger partial charge in [-0.2, -0.15) is 0 Å². The third-order valence-electron chi connectivity index (χ3n) is 4.93. The van der Waals surface area contributed by atoms with E-state index in [0.717, 1.165) is 12.0 Å². The van der Waals surface area contributed by atoms with E-state index in [9.17, 15) is 0 Å². The van der Waals surface area contributed by atoms with Gasteiger partial charge in [-0.15, -0.1) is 0 Å². The Bertz CT molecular complexity index is 215. The van der Waals surface area contributed by atoms with Crippen LogP contribution in [0.15, 0.2) is 0 Å². The van der Waals surface area contributed by atoms with Gasteiger partial charge in [-0.05, 0) is 64.5 Å². The lowest BCUT2D eigenvalue weighted by Crippen LogP contribution is -2.46. The minimum absolute atomic E-state index is 0.672. The van der Waals surface area contributed by atoms with Gasteiger partial charge in [0.15, 0.2) is 0 Å². The second-order valence-electron chi connectivity index (χ2n) is 6.55. The number of rotatable bonds is 5. The molecule has 2 fully saturated rings. The van der Waals surface area contributed by atoms with E-state index in [1.54, 1.807) is 0 Å². The first-order chi connectivity index (χ1) is 8.78. The van der Waals surface area contributed by atoms with E-state index in [1.807, 2.05) is 0 Å². The fraction of sp³-hybridized carbons (Fsp3) is 1.00. The maximum absolute atomic E-state index is 3.87. The van der Waals surface area contributed by atoms with Crippen molar-refractivity contribution in [1.29, 1.82) is 0 Å². The fourth-order valence-electron chi connectivity index (χ4n) is 3.72. The molecule has 106 valence electrons. The molecule has 2 rings (SSSR count). The monoisotopic (exact) mass is 252 g/mol. The average Bonchev–Trinajstić information content (AvgIpc) is 2.40. The van der Waals surface area contributed by atoms with E-state index in [-0.39, 0.29) is 0 Å². The Morgan fingerprint density at radius 3 is 2.33 bits per heavy atom. The van der Waals surface area contributed by atoms with Crippen molar-refractivity contribution < 1.29 is 0 Å². The molecule has 18 heavy (non-hydrogen) atoms. The molecule has 1 atom stereocenters. The van der Waals surface area contributed by atoms with Crippen molar-refractivity contribution in [3.63, 3.8) is 0 Å². The number of nitrogens with zero attached hydrogens (tertiary/aromatic N) is 1. The minimum atomic E-state index is 0.672. The van der Waals surface area contributed by atoms with E-state index in [4.69, 9.17) is 0 Å². The van der Waals surface area contributed by atoms with Crippen LogP contribution in [0.2, 0.25) is 0 Å². The van der Waals surface area contributed by atoms with Crippen molar-refractivity contribution in [3.8, 4) is 0 Å². The number of nitrogens with one attached hydrogen (secondary N) is 1. The standard InChI is InChI=1S/C16H32N2/c1-3-15-7-9-16(10-8-15)17-14(2)13-18-11-5-4-6-12-18/h14-17H,3-13H2,1-2H3. The maximum Gasteiger partial charge on any atom is 0.0169 e. The topological polar surface area (TPSA) is 15.3 Å². The van der Waals surface area contributed by atoms with Gasteiger partial charge in [-0.1, -0.05) is 19.8 Å². The largest absolute Gasteiger partial charge is 0.310 e. The highest BCUT2D eigenvalue weighted by molar-refractivity contribution is 4.80. The molecule has 1 N–H and O–H groups in total. The maximum atomic E-state index is 3.87. The molecule has 2 nitrogen and oxygen atoms in total. The molecule has 2 aliphatic rings. The van der Waals surface area contributed by atoms with Gasteiger partial charge >= 0.3 is 0 Å². The van der Waals surface area contributed by atoms with Gasteiger partial charge in [0.1, 0.15) is 0 Å². The zero-order valence-corrected chi connectivity index (χ0v) is 12.5. The molecule has 0 bridgehead atoms. The Morgan fingerprint density at radius 2 is 1.72 bits per heavy atom. The Morgan fingerprint density at radius 1 is 1.06 bits per heavy atom. The van der Waals surface area contributed by atoms with Gasteiger partial charge in [-0.3, -0.25) is 0 Å². The normalized spacial score (nSPS) is 32.3. The van der Waals surface area contributed by atoms with Crippen LogP contribution in [0.4, 0.5) is 0 Å². The lowest BCUT2D eigenvalue weighted by atomic mass is 9.84. The minimum Gasteiger partial charge on any atom is -0.310 e. The van der Waals surface area contributed by atoms with E-state index in [1.165, 1.54) is 71.0 Å². The Kier molecular flexibility index (Phi) is 5.97. The predicted molar refractivity (Wildman–Crippen MR) is 78.9 cm³/mol. The first kappa shape index (κ1) is 14.3. The van der Waals surface area contributed by atoms with Gasteiger partial charge in [-0.25, -0.2) is 0 Å². The molecular formula is C16H32N2. The lowest BCUT2D eigenvalue weighted by molar-refractivity contribution is 0.193. The highest BCUT2D eigenvalue weighted by Gasteiger charge is 2.22. The molecule has 1 heterocycles. The number of hydrogen-bond acceptors (Lipinski definition) is 2. The van der Waals surface area contributed by atoms with Crippen LogP contribution in [0, 0.1) is 5.92 Å². The average molecular weight is 252 g/mol. The molecule has 2 heteroatoms. The lowest BCUT2D eigenvalue weighted by Gasteiger charge is -2.34. The summed E-state index contributed by atoms with van der Waals surface area (Å²) in [7, 11) is 0. The van der Waals surface area contributed by atoms with Crippen LogP contribution in [0.25, 0.3) is 0 Å². The zero-order chi connectivity index (χ0) is 12.8. The zero-order valence-electron chi connectivity index (χ0n) is 12.5. The third kappa shape index (κ3) is 4.55. The molecule has 1 aliphatic carbocycles. The summed E-state index contributed by atoms with van der Waals surface area (Å²) in [5.74, 6) is 1.01. The summed E-state index contributed by atoms with van der Waals surface area (Å²) < 4.78 is 0. The van der Waals surface area contributed by atoms with E-state index in [2.05, 4.69) is 24.1 Å². The molecule has 1 unspecified atom stereocenters. The number of hydrogen-bond donors (Lipinski definition) is 1. The summed E-state index contributed by atoms with van der Waals surface area (Å²) >= 11 is 0. The first-order valence-corrected chi connectivity index (χ1v) is 8.26. The van der Waals surface area contributed by atoms with Crippen molar-refractivity contribution in [2.24, 2.45) is 5.92 Å². The highest BCUT2D eigenvalue weighted by atomic mass is 15.2. The van der Waals surface area contributed by atoms with E-state index in [0.29, 0.717) is 6.04 Å². The second-order valence-corrected chi connectivity index (χ2v) is 6.55. The summed E-state index contributed by atoms with van der Waals surface area (Å²) in [6.45, 7) is 8.63. The molecule has 0 aromatic rings. The predicted octanol–water partition coefficient (Wildman–Crippen LogP) is 3.42. The summed E-state index contributed by atoms with van der Waals surface area (Å²) in [4.78, 5) is 2.65. The Hall–Kier alpha value is -0.0800. The summed E-state index contributed by atoms with van der Waals surface area (Å²) in [6, 6.07) is 1.47. The van der Waals surface area contributed by atoms with Gasteiger partial charge in [0.05, 0.1) is 0 Å². The highest BCUT2D eigenvalue weighted by Crippen LogP contribution is 2.26. The summed E-state index contributed by atoms with van der Waals surface area (Å²) in [5, 5.41) is 3.87. The molecule has 0 spiro atoms. The van der Waals surface area contributed by atoms with Crippen LogP contribution in [0.5, 0.6) is 0 Å².